The average Bonchev–Trinajstić information content (AvgIpc) is 3.63. The molecule has 1 amide bonds. The van der Waals surface area contributed by atoms with Crippen molar-refractivity contribution in [1.29, 1.82) is 0 Å². The van der Waals surface area contributed by atoms with Gasteiger partial charge >= 0.3 is 0 Å². The molecule has 202 valence electrons. The van der Waals surface area contributed by atoms with Gasteiger partial charge in [-0.2, -0.15) is 0 Å². The molecule has 6 rings (SSSR count). The monoisotopic (exact) mass is 515 g/mol. The molecule has 2 aromatic rings. The van der Waals surface area contributed by atoms with Crippen LogP contribution in [-0.4, -0.2) is 88.7 Å². The van der Waals surface area contributed by atoms with Crippen molar-refractivity contribution in [3.8, 4) is 0 Å². The first-order valence-electron chi connectivity index (χ1n) is 14.5. The summed E-state index contributed by atoms with van der Waals surface area (Å²) in [7, 11) is 0. The number of aryl methyl sites for hydroxylation is 2. The number of hydrogen-bond donors (Lipinski definition) is 0. The Morgan fingerprint density at radius 1 is 0.895 bits per heavy atom. The highest BCUT2D eigenvalue weighted by molar-refractivity contribution is 5.96. The third-order valence-electron chi connectivity index (χ3n) is 9.82. The minimum absolute atomic E-state index is 0.0892. The number of carbonyl (C=O) groups is 2. The van der Waals surface area contributed by atoms with E-state index < -0.39 is 0 Å². The zero-order valence-electron chi connectivity index (χ0n) is 22.9. The first kappa shape index (κ1) is 25.6. The molecule has 4 aliphatic rings. The lowest BCUT2D eigenvalue weighted by Gasteiger charge is -2.51. The summed E-state index contributed by atoms with van der Waals surface area (Å²) in [6, 6.07) is 10.9. The molecule has 0 bridgehead atoms. The maximum atomic E-state index is 13.3. The van der Waals surface area contributed by atoms with Crippen molar-refractivity contribution in [2.24, 2.45) is 17.8 Å². The molecular formula is C31H41N5O2. The van der Waals surface area contributed by atoms with E-state index in [0.717, 1.165) is 76.5 Å². The van der Waals surface area contributed by atoms with Gasteiger partial charge in [0.25, 0.3) is 5.91 Å². The van der Waals surface area contributed by atoms with Crippen LogP contribution < -0.4 is 0 Å². The molecule has 4 fully saturated rings. The van der Waals surface area contributed by atoms with Gasteiger partial charge in [0.1, 0.15) is 12.1 Å². The van der Waals surface area contributed by atoms with Crippen LogP contribution >= 0.6 is 0 Å². The van der Waals surface area contributed by atoms with Crippen molar-refractivity contribution in [1.82, 2.24) is 24.7 Å². The second-order valence-corrected chi connectivity index (χ2v) is 12.4. The summed E-state index contributed by atoms with van der Waals surface area (Å²) in [4.78, 5) is 41.6. The molecule has 0 radical (unpaired) electrons. The first-order chi connectivity index (χ1) is 18.4. The largest absolute Gasteiger partial charge is 0.338 e. The Bertz CT molecular complexity index is 1140. The van der Waals surface area contributed by atoms with Gasteiger partial charge in [0.05, 0.1) is 23.5 Å². The Hall–Kier alpha value is -2.64. The van der Waals surface area contributed by atoms with Gasteiger partial charge in [-0.15, -0.1) is 0 Å². The van der Waals surface area contributed by atoms with Crippen LogP contribution in [0.2, 0.25) is 0 Å². The average molecular weight is 516 g/mol. The molecule has 3 aliphatic heterocycles. The van der Waals surface area contributed by atoms with Gasteiger partial charge in [-0.1, -0.05) is 43.2 Å². The smallest absolute Gasteiger partial charge is 0.257 e. The number of ketones is 1. The van der Waals surface area contributed by atoms with Gasteiger partial charge < -0.3 is 9.80 Å². The van der Waals surface area contributed by atoms with Crippen LogP contribution in [-0.2, 0) is 10.2 Å². The molecule has 7 heteroatoms. The lowest BCUT2D eigenvalue weighted by molar-refractivity contribution is -0.126. The van der Waals surface area contributed by atoms with E-state index in [4.69, 9.17) is 0 Å². The molecular weight excluding hydrogens is 474 g/mol. The highest BCUT2D eigenvalue weighted by Crippen LogP contribution is 2.40. The molecule has 1 aromatic heterocycles. The van der Waals surface area contributed by atoms with Gasteiger partial charge in [-0.3, -0.25) is 14.5 Å². The molecule has 1 saturated carbocycles. The second kappa shape index (κ2) is 10.5. The Kier molecular flexibility index (Phi) is 7.08. The number of rotatable bonds is 8. The highest BCUT2D eigenvalue weighted by Gasteiger charge is 2.47. The summed E-state index contributed by atoms with van der Waals surface area (Å²) in [5.41, 5.74) is 3.77. The number of fused-ring (bicyclic) bond motifs is 1. The summed E-state index contributed by atoms with van der Waals surface area (Å²) < 4.78 is 0. The van der Waals surface area contributed by atoms with Crippen LogP contribution in [0.15, 0.2) is 36.7 Å². The van der Waals surface area contributed by atoms with Crippen LogP contribution in [0.1, 0.15) is 59.4 Å². The summed E-state index contributed by atoms with van der Waals surface area (Å²) in [5, 5.41) is 0. The van der Waals surface area contributed by atoms with E-state index in [1.165, 1.54) is 24.7 Å². The number of hydrogen-bond acceptors (Lipinski definition) is 6. The maximum absolute atomic E-state index is 13.3. The highest BCUT2D eigenvalue weighted by atomic mass is 16.2. The quantitative estimate of drug-likeness (QED) is 0.536. The number of nitrogens with zero attached hydrogens (tertiary/aromatic N) is 5. The van der Waals surface area contributed by atoms with Crippen LogP contribution in [0.5, 0.6) is 0 Å². The number of Topliss-reactive ketones (excluding diaryl/α,β-unsaturated/α-hetero) is 1. The first-order valence-corrected chi connectivity index (χ1v) is 14.5. The Balaban J connectivity index is 1.04. The Labute approximate surface area is 226 Å². The van der Waals surface area contributed by atoms with E-state index in [1.54, 1.807) is 0 Å². The van der Waals surface area contributed by atoms with Gasteiger partial charge in [-0.05, 0) is 57.1 Å². The van der Waals surface area contributed by atoms with E-state index >= 15 is 0 Å². The lowest BCUT2D eigenvalue weighted by Crippen LogP contribution is -2.61. The van der Waals surface area contributed by atoms with Crippen LogP contribution in [0.25, 0.3) is 0 Å². The zero-order chi connectivity index (χ0) is 26.3. The molecule has 0 N–H and O–H groups in total. The third-order valence-corrected chi connectivity index (χ3v) is 9.82. The van der Waals surface area contributed by atoms with E-state index in [1.807, 2.05) is 18.7 Å². The normalized spacial score (nSPS) is 25.5. The summed E-state index contributed by atoms with van der Waals surface area (Å²) in [6.45, 7) is 11.2. The van der Waals surface area contributed by atoms with Gasteiger partial charge in [0.15, 0.2) is 0 Å². The molecule has 1 aliphatic carbocycles. The topological polar surface area (TPSA) is 69.6 Å². The van der Waals surface area contributed by atoms with E-state index in [0.29, 0.717) is 35.6 Å². The van der Waals surface area contributed by atoms with Gasteiger partial charge in [0.2, 0.25) is 0 Å². The van der Waals surface area contributed by atoms with Crippen molar-refractivity contribution in [2.75, 3.05) is 52.4 Å². The van der Waals surface area contributed by atoms with Crippen molar-refractivity contribution in [2.45, 2.75) is 51.4 Å². The molecule has 0 spiro atoms. The van der Waals surface area contributed by atoms with Gasteiger partial charge in [-0.25, -0.2) is 9.97 Å². The van der Waals surface area contributed by atoms with Gasteiger partial charge in [0, 0.05) is 50.6 Å². The molecule has 38 heavy (non-hydrogen) atoms. The minimum atomic E-state index is 0.0892. The van der Waals surface area contributed by atoms with Crippen LogP contribution in [0, 0.1) is 31.6 Å². The fourth-order valence-corrected chi connectivity index (χ4v) is 7.67. The molecule has 7 nitrogen and oxygen atoms in total. The Morgan fingerprint density at radius 2 is 1.53 bits per heavy atom. The zero-order valence-corrected chi connectivity index (χ0v) is 22.9. The predicted octanol–water partition coefficient (Wildman–Crippen LogP) is 3.50. The molecule has 4 heterocycles. The van der Waals surface area contributed by atoms with Crippen molar-refractivity contribution in [3.63, 3.8) is 0 Å². The molecule has 2 atom stereocenters. The Morgan fingerprint density at radius 3 is 2.16 bits per heavy atom. The molecule has 2 unspecified atom stereocenters. The second-order valence-electron chi connectivity index (χ2n) is 12.4. The number of likely N-dealkylation sites (tertiary alicyclic amines) is 3. The molecule has 3 saturated heterocycles. The van der Waals surface area contributed by atoms with Crippen LogP contribution in [0.4, 0.5) is 0 Å². The number of carbonyl (C=O) groups excluding carboxylic acids is 2. The fourth-order valence-electron chi connectivity index (χ4n) is 7.67. The summed E-state index contributed by atoms with van der Waals surface area (Å²) in [5.74, 6) is 1.94. The summed E-state index contributed by atoms with van der Waals surface area (Å²) in [6.07, 6.45) is 7.27. The number of benzene rings is 1. The van der Waals surface area contributed by atoms with Crippen molar-refractivity contribution >= 4 is 11.7 Å². The molecule has 1 aromatic carbocycles. The number of aromatic nitrogens is 2. The number of amides is 1. The SMILES string of the molecule is Cc1ncnc(C)c1C(=O)N1CC2CN(CCC3(c4ccccc4)CN(CC(=O)C4CCCC4)C3)CC2C1. The van der Waals surface area contributed by atoms with Crippen molar-refractivity contribution in [3.05, 3.63) is 59.2 Å². The lowest BCUT2D eigenvalue weighted by atomic mass is 9.71. The van der Waals surface area contributed by atoms with E-state index in [9.17, 15) is 9.59 Å². The van der Waals surface area contributed by atoms with Crippen molar-refractivity contribution < 1.29 is 9.59 Å². The maximum Gasteiger partial charge on any atom is 0.257 e. The predicted molar refractivity (Wildman–Crippen MR) is 147 cm³/mol. The summed E-state index contributed by atoms with van der Waals surface area (Å²) >= 11 is 0. The van der Waals surface area contributed by atoms with E-state index in [2.05, 4.69) is 50.1 Å². The minimum Gasteiger partial charge on any atom is -0.338 e. The fraction of sp³-hybridized carbons (Fsp3) is 0.613. The third kappa shape index (κ3) is 4.91. The standard InChI is InChI=1S/C31H41N5O2/c1-22-29(23(2)33-21-32-22)30(38)36-16-25-14-34(15-26(25)17-36)13-12-31(27-10-4-3-5-11-27)19-35(20-31)18-28(37)24-8-6-7-9-24/h3-5,10-11,21,24-26H,6-9,12-20H2,1-2H3. The van der Waals surface area contributed by atoms with E-state index in [-0.39, 0.29) is 11.3 Å². The van der Waals surface area contributed by atoms with Crippen LogP contribution in [0.3, 0.4) is 0 Å².